The molecule has 0 aliphatic heterocycles. The van der Waals surface area contributed by atoms with Gasteiger partial charge in [0.15, 0.2) is 0 Å². The maximum atomic E-state index is 8.92. The van der Waals surface area contributed by atoms with Crippen molar-refractivity contribution in [3.05, 3.63) is 12.7 Å². The molecule has 72 valence electrons. The normalized spacial score (nSPS) is 15.6. The summed E-state index contributed by atoms with van der Waals surface area (Å²) in [5.74, 6) is 0. The van der Waals surface area contributed by atoms with Crippen LogP contribution in [0.2, 0.25) is 0 Å². The molecule has 0 spiro atoms. The summed E-state index contributed by atoms with van der Waals surface area (Å²) in [5, 5.41) is 12.3. The van der Waals surface area contributed by atoms with Gasteiger partial charge in [0.1, 0.15) is 0 Å². The van der Waals surface area contributed by atoms with Crippen LogP contribution in [0, 0.1) is 0 Å². The molecule has 0 aliphatic carbocycles. The van der Waals surface area contributed by atoms with Gasteiger partial charge in [-0.2, -0.15) is 0 Å². The maximum Gasteiger partial charge on any atom is 0.0584 e. The molecule has 1 unspecified atom stereocenters. The molecule has 2 nitrogen and oxygen atoms in total. The van der Waals surface area contributed by atoms with Crippen LogP contribution in [-0.4, -0.2) is 23.8 Å². The minimum atomic E-state index is 0.231. The fourth-order valence-electron chi connectivity index (χ4n) is 1.15. The highest BCUT2D eigenvalue weighted by molar-refractivity contribution is 4.74. The fourth-order valence-corrected chi connectivity index (χ4v) is 1.15. The predicted octanol–water partition coefficient (Wildman–Crippen LogP) is 1.70. The van der Waals surface area contributed by atoms with Crippen LogP contribution < -0.4 is 5.32 Å². The van der Waals surface area contributed by atoms with E-state index >= 15 is 0 Å². The average Bonchev–Trinajstić information content (AvgIpc) is 2.10. The largest absolute Gasteiger partial charge is 0.395 e. The molecule has 0 aromatic rings. The molecule has 2 heteroatoms. The van der Waals surface area contributed by atoms with Crippen molar-refractivity contribution < 1.29 is 5.11 Å². The van der Waals surface area contributed by atoms with E-state index in [1.165, 1.54) is 0 Å². The Bertz CT molecular complexity index is 110. The molecule has 0 aromatic heterocycles. The van der Waals surface area contributed by atoms with Crippen LogP contribution in [0.5, 0.6) is 0 Å². The van der Waals surface area contributed by atoms with E-state index in [0.717, 1.165) is 19.3 Å². The quantitative estimate of drug-likeness (QED) is 0.571. The van der Waals surface area contributed by atoms with Crippen molar-refractivity contribution in [1.82, 2.24) is 5.32 Å². The van der Waals surface area contributed by atoms with Gasteiger partial charge < -0.3 is 10.4 Å². The first kappa shape index (κ1) is 11.7. The fraction of sp³-hybridized carbons (Fsp3) is 0.800. The number of rotatable bonds is 7. The van der Waals surface area contributed by atoms with Crippen LogP contribution in [0.1, 0.15) is 33.1 Å². The van der Waals surface area contributed by atoms with Gasteiger partial charge in [0.2, 0.25) is 0 Å². The van der Waals surface area contributed by atoms with E-state index in [0.29, 0.717) is 6.04 Å². The topological polar surface area (TPSA) is 32.3 Å². The van der Waals surface area contributed by atoms with Crippen LogP contribution in [0.3, 0.4) is 0 Å². The molecule has 0 amide bonds. The Labute approximate surface area is 75.7 Å². The smallest absolute Gasteiger partial charge is 0.0584 e. The van der Waals surface area contributed by atoms with Crippen LogP contribution >= 0.6 is 0 Å². The third-order valence-electron chi connectivity index (χ3n) is 2.04. The van der Waals surface area contributed by atoms with Gasteiger partial charge in [-0.3, -0.25) is 0 Å². The molecule has 0 rings (SSSR count). The molecule has 0 fully saturated rings. The lowest BCUT2D eigenvalue weighted by atomic mass is 10.1. The van der Waals surface area contributed by atoms with E-state index in [1.54, 1.807) is 0 Å². The maximum absolute atomic E-state index is 8.92. The molecule has 2 atom stereocenters. The summed E-state index contributed by atoms with van der Waals surface area (Å²) in [6, 6.07) is 0.727. The Morgan fingerprint density at radius 1 is 1.58 bits per heavy atom. The van der Waals surface area contributed by atoms with E-state index in [4.69, 9.17) is 5.11 Å². The van der Waals surface area contributed by atoms with Gasteiger partial charge in [0.05, 0.1) is 6.61 Å². The summed E-state index contributed by atoms with van der Waals surface area (Å²) in [7, 11) is 0. The Morgan fingerprint density at radius 2 is 2.25 bits per heavy atom. The molecule has 0 heterocycles. The van der Waals surface area contributed by atoms with Crippen LogP contribution in [-0.2, 0) is 0 Å². The van der Waals surface area contributed by atoms with Crippen LogP contribution in [0.25, 0.3) is 0 Å². The van der Waals surface area contributed by atoms with Gasteiger partial charge in [-0.25, -0.2) is 0 Å². The molecule has 2 N–H and O–H groups in total. The molecule has 12 heavy (non-hydrogen) atoms. The average molecular weight is 171 g/mol. The van der Waals surface area contributed by atoms with Gasteiger partial charge in [0, 0.05) is 12.1 Å². The van der Waals surface area contributed by atoms with Crippen molar-refractivity contribution in [2.24, 2.45) is 0 Å². The van der Waals surface area contributed by atoms with Gasteiger partial charge in [-0.1, -0.05) is 13.0 Å². The Kier molecular flexibility index (Phi) is 7.11. The first-order valence-corrected chi connectivity index (χ1v) is 4.72. The molecule has 0 saturated heterocycles. The lowest BCUT2D eigenvalue weighted by molar-refractivity contribution is 0.228. The van der Waals surface area contributed by atoms with E-state index in [1.807, 2.05) is 6.08 Å². The van der Waals surface area contributed by atoms with Gasteiger partial charge in [-0.15, -0.1) is 6.58 Å². The first-order valence-electron chi connectivity index (χ1n) is 4.72. The zero-order valence-corrected chi connectivity index (χ0v) is 8.21. The number of allylic oxidation sites excluding steroid dienone is 1. The van der Waals surface area contributed by atoms with Crippen LogP contribution in [0.4, 0.5) is 0 Å². The van der Waals surface area contributed by atoms with E-state index in [9.17, 15) is 0 Å². The molecule has 0 aliphatic rings. The predicted molar refractivity (Wildman–Crippen MR) is 53.2 cm³/mol. The summed E-state index contributed by atoms with van der Waals surface area (Å²) < 4.78 is 0. The number of hydrogen-bond acceptors (Lipinski definition) is 2. The number of aliphatic hydroxyl groups is 1. The van der Waals surface area contributed by atoms with Crippen molar-refractivity contribution in [3.63, 3.8) is 0 Å². The second-order valence-corrected chi connectivity index (χ2v) is 3.22. The summed E-state index contributed by atoms with van der Waals surface area (Å²) in [4.78, 5) is 0. The minimum Gasteiger partial charge on any atom is -0.395 e. The zero-order chi connectivity index (χ0) is 9.40. The SMILES string of the molecule is C=CCCC(C)N[C@@H](CC)CO. The summed E-state index contributed by atoms with van der Waals surface area (Å²) in [5.41, 5.74) is 0. The molecule has 0 saturated carbocycles. The number of nitrogens with one attached hydrogen (secondary N) is 1. The Balaban J connectivity index is 3.50. The highest BCUT2D eigenvalue weighted by Crippen LogP contribution is 1.99. The molecule has 0 bridgehead atoms. The first-order chi connectivity index (χ1) is 5.74. The van der Waals surface area contributed by atoms with Gasteiger partial charge >= 0.3 is 0 Å². The second kappa shape index (κ2) is 7.32. The highest BCUT2D eigenvalue weighted by atomic mass is 16.3. The third-order valence-corrected chi connectivity index (χ3v) is 2.04. The van der Waals surface area contributed by atoms with Crippen molar-refractivity contribution >= 4 is 0 Å². The van der Waals surface area contributed by atoms with Crippen molar-refractivity contribution in [2.75, 3.05) is 6.61 Å². The van der Waals surface area contributed by atoms with E-state index in [2.05, 4.69) is 25.7 Å². The lowest BCUT2D eigenvalue weighted by Gasteiger charge is -2.19. The molecular formula is C10H21NO. The zero-order valence-electron chi connectivity index (χ0n) is 8.21. The summed E-state index contributed by atoms with van der Waals surface area (Å²) in [6.07, 6.45) is 5.04. The number of aliphatic hydroxyl groups excluding tert-OH is 1. The lowest BCUT2D eigenvalue weighted by Crippen LogP contribution is -2.38. The molecular weight excluding hydrogens is 150 g/mol. The Morgan fingerprint density at radius 3 is 2.67 bits per heavy atom. The van der Waals surface area contributed by atoms with E-state index < -0.39 is 0 Å². The highest BCUT2D eigenvalue weighted by Gasteiger charge is 2.07. The van der Waals surface area contributed by atoms with Gasteiger partial charge in [-0.05, 0) is 26.2 Å². The second-order valence-electron chi connectivity index (χ2n) is 3.22. The Hall–Kier alpha value is -0.340. The molecule has 0 aromatic carbocycles. The van der Waals surface area contributed by atoms with Gasteiger partial charge in [0.25, 0.3) is 0 Å². The number of hydrogen-bond donors (Lipinski definition) is 2. The summed E-state index contributed by atoms with van der Waals surface area (Å²) in [6.45, 7) is 8.12. The standard InChI is InChI=1S/C10H21NO/c1-4-6-7-9(3)11-10(5-2)8-12/h4,9-12H,1,5-8H2,2-3H3/t9?,10-/m0/s1. The van der Waals surface area contributed by atoms with Crippen molar-refractivity contribution in [3.8, 4) is 0 Å². The minimum absolute atomic E-state index is 0.231. The monoisotopic (exact) mass is 171 g/mol. The summed E-state index contributed by atoms with van der Waals surface area (Å²) >= 11 is 0. The van der Waals surface area contributed by atoms with Crippen molar-refractivity contribution in [1.29, 1.82) is 0 Å². The van der Waals surface area contributed by atoms with Crippen molar-refractivity contribution in [2.45, 2.75) is 45.2 Å². The van der Waals surface area contributed by atoms with E-state index in [-0.39, 0.29) is 12.6 Å². The third kappa shape index (κ3) is 5.33. The molecule has 0 radical (unpaired) electrons. The van der Waals surface area contributed by atoms with Crippen LogP contribution in [0.15, 0.2) is 12.7 Å².